The number of aliphatic hydroxyl groups is 2. The van der Waals surface area contributed by atoms with Crippen LogP contribution in [0.15, 0.2) is 18.2 Å². The van der Waals surface area contributed by atoms with Gasteiger partial charge in [-0.2, -0.15) is 0 Å². The molecule has 0 aliphatic carbocycles. The van der Waals surface area contributed by atoms with Crippen molar-refractivity contribution in [3.63, 3.8) is 0 Å². The van der Waals surface area contributed by atoms with E-state index >= 15 is 0 Å². The van der Waals surface area contributed by atoms with Crippen molar-refractivity contribution >= 4 is 6.09 Å². The number of pyridine rings is 1. The van der Waals surface area contributed by atoms with Gasteiger partial charge in [0.15, 0.2) is 0 Å². The highest BCUT2D eigenvalue weighted by Crippen LogP contribution is 2.32. The molecule has 22 heavy (non-hydrogen) atoms. The molecule has 0 bridgehead atoms. The minimum Gasteiger partial charge on any atom is -0.444 e. The smallest absolute Gasteiger partial charge is 0.410 e. The lowest BCUT2D eigenvalue weighted by Gasteiger charge is -2.41. The third-order valence-corrected chi connectivity index (χ3v) is 3.69. The van der Waals surface area contributed by atoms with Gasteiger partial charge in [-0.05, 0) is 39.8 Å². The van der Waals surface area contributed by atoms with Gasteiger partial charge in [0, 0.05) is 18.7 Å². The fraction of sp³-hybridized carbons (Fsp3) is 0.625. The van der Waals surface area contributed by atoms with Crippen molar-refractivity contribution < 1.29 is 19.7 Å². The third kappa shape index (κ3) is 3.56. The average Bonchev–Trinajstić information content (AvgIpc) is 2.40. The molecule has 1 aromatic heterocycles. The summed E-state index contributed by atoms with van der Waals surface area (Å²) in [5.74, 6) is 0. The standard InChI is InChI=1S/C16H24N2O4/c1-11-6-5-7-12(17-11)16(21)8-9-18(10-13(16)19)14(20)22-15(2,3)4/h5-7,13,19,21H,8-10H2,1-4H3. The number of piperidine rings is 1. The Bertz CT molecular complexity index is 555. The third-order valence-electron chi connectivity index (χ3n) is 3.69. The monoisotopic (exact) mass is 308 g/mol. The lowest BCUT2D eigenvalue weighted by molar-refractivity contribution is -0.125. The predicted octanol–water partition coefficient (Wildman–Crippen LogP) is 1.58. The van der Waals surface area contributed by atoms with E-state index in [0.29, 0.717) is 12.2 Å². The lowest BCUT2D eigenvalue weighted by atomic mass is 9.85. The molecule has 2 rings (SSSR count). The first-order chi connectivity index (χ1) is 10.1. The van der Waals surface area contributed by atoms with Crippen LogP contribution in [0.25, 0.3) is 0 Å². The molecule has 1 aliphatic rings. The first-order valence-electron chi connectivity index (χ1n) is 7.44. The number of carbonyl (C=O) groups is 1. The number of ether oxygens (including phenoxy) is 1. The number of β-amino-alcohol motifs (C(OH)–C–C–N with tert-alkyl or cyclic N) is 1. The molecule has 2 heterocycles. The molecule has 2 atom stereocenters. The van der Waals surface area contributed by atoms with Crippen molar-refractivity contribution in [2.75, 3.05) is 13.1 Å². The molecule has 1 aromatic rings. The van der Waals surface area contributed by atoms with Crippen LogP contribution in [0.1, 0.15) is 38.6 Å². The zero-order valence-corrected chi connectivity index (χ0v) is 13.5. The van der Waals surface area contributed by atoms with E-state index in [1.54, 1.807) is 32.9 Å². The summed E-state index contributed by atoms with van der Waals surface area (Å²) in [4.78, 5) is 17.8. The van der Waals surface area contributed by atoms with Crippen LogP contribution in [0.3, 0.4) is 0 Å². The van der Waals surface area contributed by atoms with E-state index in [4.69, 9.17) is 4.74 Å². The average molecular weight is 308 g/mol. The Morgan fingerprint density at radius 3 is 2.68 bits per heavy atom. The van der Waals surface area contributed by atoms with E-state index in [0.717, 1.165) is 5.69 Å². The van der Waals surface area contributed by atoms with Gasteiger partial charge in [-0.15, -0.1) is 0 Å². The van der Waals surface area contributed by atoms with Gasteiger partial charge in [0.05, 0.1) is 12.2 Å². The molecule has 122 valence electrons. The molecule has 6 heteroatoms. The summed E-state index contributed by atoms with van der Waals surface area (Å²) in [5, 5.41) is 21.1. The van der Waals surface area contributed by atoms with Crippen molar-refractivity contribution in [1.82, 2.24) is 9.88 Å². The summed E-state index contributed by atoms with van der Waals surface area (Å²) in [6.45, 7) is 7.52. The second kappa shape index (κ2) is 5.85. The second-order valence-electron chi connectivity index (χ2n) is 6.78. The number of nitrogens with zero attached hydrogens (tertiary/aromatic N) is 2. The van der Waals surface area contributed by atoms with Crippen molar-refractivity contribution in [2.24, 2.45) is 0 Å². The van der Waals surface area contributed by atoms with E-state index in [9.17, 15) is 15.0 Å². The van der Waals surface area contributed by atoms with E-state index in [2.05, 4.69) is 4.98 Å². The first kappa shape index (κ1) is 16.7. The minimum atomic E-state index is -1.44. The van der Waals surface area contributed by atoms with Crippen LogP contribution in [-0.2, 0) is 10.3 Å². The highest BCUT2D eigenvalue weighted by Gasteiger charge is 2.45. The highest BCUT2D eigenvalue weighted by atomic mass is 16.6. The molecular formula is C16H24N2O4. The Balaban J connectivity index is 2.11. The fourth-order valence-electron chi connectivity index (χ4n) is 2.50. The Morgan fingerprint density at radius 2 is 2.14 bits per heavy atom. The van der Waals surface area contributed by atoms with Gasteiger partial charge in [0.1, 0.15) is 17.3 Å². The molecule has 1 aliphatic heterocycles. The molecule has 2 N–H and O–H groups in total. The SMILES string of the molecule is Cc1cccc(C2(O)CCN(C(=O)OC(C)(C)C)CC2O)n1. The molecule has 0 aromatic carbocycles. The van der Waals surface area contributed by atoms with Crippen molar-refractivity contribution in [1.29, 1.82) is 0 Å². The summed E-state index contributed by atoms with van der Waals surface area (Å²) >= 11 is 0. The molecule has 2 unspecified atom stereocenters. The van der Waals surface area contributed by atoms with E-state index in [1.165, 1.54) is 4.90 Å². The number of amides is 1. The Labute approximate surface area is 130 Å². The summed E-state index contributed by atoms with van der Waals surface area (Å²) in [5.41, 5.74) is -0.824. The topological polar surface area (TPSA) is 82.9 Å². The highest BCUT2D eigenvalue weighted by molar-refractivity contribution is 5.68. The number of rotatable bonds is 1. The van der Waals surface area contributed by atoms with E-state index in [1.807, 2.05) is 13.0 Å². The molecule has 1 amide bonds. The summed E-state index contributed by atoms with van der Waals surface area (Å²) in [7, 11) is 0. The second-order valence-corrected chi connectivity index (χ2v) is 6.78. The van der Waals surface area contributed by atoms with Gasteiger partial charge in [-0.1, -0.05) is 6.07 Å². The number of hydrogen-bond acceptors (Lipinski definition) is 5. The van der Waals surface area contributed by atoms with Crippen LogP contribution in [-0.4, -0.2) is 51.0 Å². The normalized spacial score (nSPS) is 25.9. The number of likely N-dealkylation sites (tertiary alicyclic amines) is 1. The van der Waals surface area contributed by atoms with Crippen LogP contribution in [0.4, 0.5) is 4.79 Å². The van der Waals surface area contributed by atoms with Crippen molar-refractivity contribution in [3.05, 3.63) is 29.6 Å². The Kier molecular flexibility index (Phi) is 4.44. The van der Waals surface area contributed by atoms with Crippen molar-refractivity contribution in [3.8, 4) is 0 Å². The first-order valence-corrected chi connectivity index (χ1v) is 7.44. The largest absolute Gasteiger partial charge is 0.444 e. The molecule has 6 nitrogen and oxygen atoms in total. The van der Waals surface area contributed by atoms with Crippen LogP contribution >= 0.6 is 0 Å². The zero-order chi connectivity index (χ0) is 16.5. The van der Waals surface area contributed by atoms with Gasteiger partial charge < -0.3 is 19.8 Å². The summed E-state index contributed by atoms with van der Waals surface area (Å²) in [6, 6.07) is 5.32. The Hall–Kier alpha value is -1.66. The number of aliphatic hydroxyl groups excluding tert-OH is 1. The molecule has 0 spiro atoms. The Morgan fingerprint density at radius 1 is 1.45 bits per heavy atom. The van der Waals surface area contributed by atoms with Gasteiger partial charge in [-0.3, -0.25) is 4.98 Å². The maximum atomic E-state index is 12.1. The van der Waals surface area contributed by atoms with Gasteiger partial charge in [-0.25, -0.2) is 4.79 Å². The summed E-state index contributed by atoms with van der Waals surface area (Å²) < 4.78 is 5.30. The van der Waals surface area contributed by atoms with Crippen molar-refractivity contribution in [2.45, 2.75) is 51.4 Å². The molecule has 1 fully saturated rings. The molecule has 1 saturated heterocycles. The van der Waals surface area contributed by atoms with E-state index < -0.39 is 23.4 Å². The number of carbonyl (C=O) groups excluding carboxylic acids is 1. The molecule has 0 radical (unpaired) electrons. The quantitative estimate of drug-likeness (QED) is 0.823. The number of aryl methyl sites for hydroxylation is 1. The van der Waals surface area contributed by atoms with E-state index in [-0.39, 0.29) is 13.0 Å². The van der Waals surface area contributed by atoms with Gasteiger partial charge in [0.2, 0.25) is 0 Å². The maximum absolute atomic E-state index is 12.1. The summed E-state index contributed by atoms with van der Waals surface area (Å²) in [6.07, 6.45) is -1.38. The number of hydrogen-bond donors (Lipinski definition) is 2. The van der Waals surface area contributed by atoms with Gasteiger partial charge >= 0.3 is 6.09 Å². The fourth-order valence-corrected chi connectivity index (χ4v) is 2.50. The van der Waals surface area contributed by atoms with Gasteiger partial charge in [0.25, 0.3) is 0 Å². The van der Waals surface area contributed by atoms with Crippen LogP contribution < -0.4 is 0 Å². The molecule has 0 saturated carbocycles. The molecular weight excluding hydrogens is 284 g/mol. The van der Waals surface area contributed by atoms with Crippen LogP contribution in [0.2, 0.25) is 0 Å². The van der Waals surface area contributed by atoms with Crippen LogP contribution in [0.5, 0.6) is 0 Å². The zero-order valence-electron chi connectivity index (χ0n) is 13.5. The minimum absolute atomic E-state index is 0.0149. The predicted molar refractivity (Wildman–Crippen MR) is 81.3 cm³/mol. The maximum Gasteiger partial charge on any atom is 0.410 e. The number of aromatic nitrogens is 1. The van der Waals surface area contributed by atoms with Crippen LogP contribution in [0, 0.1) is 6.92 Å². The lowest BCUT2D eigenvalue weighted by Crippen LogP contribution is -2.56.